The van der Waals surface area contributed by atoms with Crippen LogP contribution in [0.1, 0.15) is 26.7 Å². The van der Waals surface area contributed by atoms with Gasteiger partial charge in [-0.1, -0.05) is 13.8 Å². The van der Waals surface area contributed by atoms with Crippen molar-refractivity contribution in [2.45, 2.75) is 31.6 Å². The molecule has 0 unspecified atom stereocenters. The molecule has 4 nitrogen and oxygen atoms in total. The van der Waals surface area contributed by atoms with Crippen molar-refractivity contribution in [3.05, 3.63) is 24.3 Å². The Morgan fingerprint density at radius 3 is 2.06 bits per heavy atom. The third-order valence-electron chi connectivity index (χ3n) is 3.65. The molecule has 1 heterocycles. The van der Waals surface area contributed by atoms with E-state index in [4.69, 9.17) is 5.14 Å². The second-order valence-electron chi connectivity index (χ2n) is 5.69. The van der Waals surface area contributed by atoms with E-state index in [9.17, 15) is 8.42 Å². The van der Waals surface area contributed by atoms with Gasteiger partial charge in [0.1, 0.15) is 0 Å². The van der Waals surface area contributed by atoms with Crippen LogP contribution in [0.25, 0.3) is 0 Å². The summed E-state index contributed by atoms with van der Waals surface area (Å²) >= 11 is 0. The highest BCUT2D eigenvalue weighted by molar-refractivity contribution is 7.89. The summed E-state index contributed by atoms with van der Waals surface area (Å²) in [5, 5.41) is 5.08. The van der Waals surface area contributed by atoms with Gasteiger partial charge in [0, 0.05) is 18.8 Å². The number of rotatable bonds is 2. The van der Waals surface area contributed by atoms with Crippen molar-refractivity contribution in [1.29, 1.82) is 0 Å². The Morgan fingerprint density at radius 1 is 1.11 bits per heavy atom. The first-order valence-electron chi connectivity index (χ1n) is 6.16. The topological polar surface area (TPSA) is 63.4 Å². The predicted molar refractivity (Wildman–Crippen MR) is 73.0 cm³/mol. The third kappa shape index (κ3) is 3.03. The maximum atomic E-state index is 11.2. The minimum Gasteiger partial charge on any atom is -0.371 e. The predicted octanol–water partition coefficient (Wildman–Crippen LogP) is 1.96. The number of nitrogens with two attached hydrogens (primary N) is 1. The molecule has 0 spiro atoms. The number of primary sulfonamides is 1. The lowest BCUT2D eigenvalue weighted by molar-refractivity contribution is 0.280. The van der Waals surface area contributed by atoms with Crippen LogP contribution in [0, 0.1) is 5.41 Å². The van der Waals surface area contributed by atoms with Crippen LogP contribution >= 0.6 is 0 Å². The van der Waals surface area contributed by atoms with Crippen LogP contribution in [-0.4, -0.2) is 21.5 Å². The lowest BCUT2D eigenvalue weighted by Crippen LogP contribution is -2.37. The van der Waals surface area contributed by atoms with E-state index in [-0.39, 0.29) is 4.90 Å². The van der Waals surface area contributed by atoms with Gasteiger partial charge in [-0.3, -0.25) is 0 Å². The van der Waals surface area contributed by atoms with Gasteiger partial charge < -0.3 is 4.90 Å². The lowest BCUT2D eigenvalue weighted by atomic mass is 9.82. The molecule has 5 heteroatoms. The molecule has 0 atom stereocenters. The highest BCUT2D eigenvalue weighted by atomic mass is 32.2. The number of nitrogens with zero attached hydrogens (tertiary/aromatic N) is 1. The molecule has 2 rings (SSSR count). The van der Waals surface area contributed by atoms with E-state index in [0.29, 0.717) is 5.41 Å². The molecular formula is C13H20N2O2S. The summed E-state index contributed by atoms with van der Waals surface area (Å²) in [5.41, 5.74) is 1.48. The van der Waals surface area contributed by atoms with E-state index in [1.807, 2.05) is 12.1 Å². The number of hydrogen-bond acceptors (Lipinski definition) is 3. The molecule has 1 aliphatic rings. The molecule has 0 saturated carbocycles. The Labute approximate surface area is 109 Å². The van der Waals surface area contributed by atoms with E-state index < -0.39 is 10.0 Å². The number of sulfonamides is 1. The van der Waals surface area contributed by atoms with Gasteiger partial charge in [0.25, 0.3) is 0 Å². The van der Waals surface area contributed by atoms with Gasteiger partial charge in [-0.05, 0) is 42.5 Å². The van der Waals surface area contributed by atoms with Gasteiger partial charge in [0.15, 0.2) is 0 Å². The summed E-state index contributed by atoms with van der Waals surface area (Å²) < 4.78 is 22.3. The molecule has 1 aromatic carbocycles. The largest absolute Gasteiger partial charge is 0.371 e. The third-order valence-corrected chi connectivity index (χ3v) is 4.58. The number of piperidine rings is 1. The van der Waals surface area contributed by atoms with Crippen LogP contribution in [0.4, 0.5) is 5.69 Å². The zero-order valence-corrected chi connectivity index (χ0v) is 11.7. The molecule has 1 aromatic rings. The lowest BCUT2D eigenvalue weighted by Gasteiger charge is -2.38. The second kappa shape index (κ2) is 4.55. The summed E-state index contributed by atoms with van der Waals surface area (Å²) in [6.45, 7) is 6.60. The molecular weight excluding hydrogens is 248 g/mol. The van der Waals surface area contributed by atoms with E-state index in [1.54, 1.807) is 12.1 Å². The molecule has 0 aromatic heterocycles. The molecule has 100 valence electrons. The minimum atomic E-state index is -3.59. The molecule has 1 fully saturated rings. The molecule has 0 amide bonds. The van der Waals surface area contributed by atoms with Crippen molar-refractivity contribution in [1.82, 2.24) is 0 Å². The summed E-state index contributed by atoms with van der Waals surface area (Å²) in [6.07, 6.45) is 2.31. The van der Waals surface area contributed by atoms with Crippen LogP contribution < -0.4 is 10.0 Å². The fourth-order valence-electron chi connectivity index (χ4n) is 2.22. The molecule has 1 aliphatic heterocycles. The van der Waals surface area contributed by atoms with Crippen molar-refractivity contribution in [2.75, 3.05) is 18.0 Å². The Balaban J connectivity index is 2.12. The SMILES string of the molecule is CC1(C)CCN(c2ccc(S(N)(=O)=O)cc2)CC1. The van der Waals surface area contributed by atoms with Crippen molar-refractivity contribution < 1.29 is 8.42 Å². The number of benzene rings is 1. The zero-order valence-electron chi connectivity index (χ0n) is 10.9. The van der Waals surface area contributed by atoms with E-state index in [2.05, 4.69) is 18.7 Å². The summed E-state index contributed by atoms with van der Waals surface area (Å²) in [4.78, 5) is 2.46. The van der Waals surface area contributed by atoms with Gasteiger partial charge in [0.05, 0.1) is 4.90 Å². The Bertz CT molecular complexity index is 510. The van der Waals surface area contributed by atoms with Gasteiger partial charge in [-0.15, -0.1) is 0 Å². The monoisotopic (exact) mass is 268 g/mol. The Kier molecular flexibility index (Phi) is 3.38. The second-order valence-corrected chi connectivity index (χ2v) is 7.25. The van der Waals surface area contributed by atoms with E-state index in [0.717, 1.165) is 31.6 Å². The standard InChI is InChI=1S/C13H20N2O2S/c1-13(2)7-9-15(10-8-13)11-3-5-12(6-4-11)18(14,16)17/h3-6H,7-10H2,1-2H3,(H2,14,16,17). The normalized spacial score (nSPS) is 19.8. The van der Waals surface area contributed by atoms with Crippen LogP contribution in [0.15, 0.2) is 29.2 Å². The average Bonchev–Trinajstić information content (AvgIpc) is 2.28. The smallest absolute Gasteiger partial charge is 0.238 e. The molecule has 0 radical (unpaired) electrons. The van der Waals surface area contributed by atoms with Crippen LogP contribution in [-0.2, 0) is 10.0 Å². The Morgan fingerprint density at radius 2 is 1.61 bits per heavy atom. The minimum absolute atomic E-state index is 0.170. The maximum Gasteiger partial charge on any atom is 0.238 e. The first-order valence-corrected chi connectivity index (χ1v) is 7.70. The van der Waals surface area contributed by atoms with Crippen LogP contribution in [0.3, 0.4) is 0 Å². The fourth-order valence-corrected chi connectivity index (χ4v) is 2.73. The van der Waals surface area contributed by atoms with Gasteiger partial charge in [-0.25, -0.2) is 13.6 Å². The molecule has 0 bridgehead atoms. The summed E-state index contributed by atoms with van der Waals surface area (Å²) in [7, 11) is -3.59. The number of hydrogen-bond donors (Lipinski definition) is 1. The molecule has 18 heavy (non-hydrogen) atoms. The summed E-state index contributed by atoms with van der Waals surface area (Å²) in [6, 6.07) is 6.81. The van der Waals surface area contributed by atoms with Gasteiger partial charge in [0.2, 0.25) is 10.0 Å². The highest BCUT2D eigenvalue weighted by Crippen LogP contribution is 2.32. The fraction of sp³-hybridized carbons (Fsp3) is 0.538. The van der Waals surface area contributed by atoms with Gasteiger partial charge in [-0.2, -0.15) is 0 Å². The van der Waals surface area contributed by atoms with Crippen LogP contribution in [0.2, 0.25) is 0 Å². The van der Waals surface area contributed by atoms with Crippen LogP contribution in [0.5, 0.6) is 0 Å². The zero-order chi connectivity index (χ0) is 13.4. The van der Waals surface area contributed by atoms with E-state index in [1.165, 1.54) is 0 Å². The van der Waals surface area contributed by atoms with Crippen molar-refractivity contribution in [3.8, 4) is 0 Å². The van der Waals surface area contributed by atoms with Gasteiger partial charge >= 0.3 is 0 Å². The number of anilines is 1. The van der Waals surface area contributed by atoms with E-state index >= 15 is 0 Å². The van der Waals surface area contributed by atoms with Crippen molar-refractivity contribution in [3.63, 3.8) is 0 Å². The first kappa shape index (κ1) is 13.4. The highest BCUT2D eigenvalue weighted by Gasteiger charge is 2.25. The average molecular weight is 268 g/mol. The van der Waals surface area contributed by atoms with Crippen molar-refractivity contribution in [2.24, 2.45) is 10.6 Å². The molecule has 1 saturated heterocycles. The summed E-state index contributed by atoms with van der Waals surface area (Å²) in [5.74, 6) is 0. The Hall–Kier alpha value is -1.07. The molecule has 2 N–H and O–H groups in total. The first-order chi connectivity index (χ1) is 8.28. The maximum absolute atomic E-state index is 11.2. The van der Waals surface area contributed by atoms with Crippen molar-refractivity contribution >= 4 is 15.7 Å². The molecule has 0 aliphatic carbocycles. The quantitative estimate of drug-likeness (QED) is 0.891.